The molecule has 2 bridgehead atoms. The van der Waals surface area contributed by atoms with E-state index in [0.29, 0.717) is 25.4 Å². The van der Waals surface area contributed by atoms with Crippen molar-refractivity contribution in [2.24, 2.45) is 5.92 Å². The van der Waals surface area contributed by atoms with Crippen LogP contribution >= 0.6 is 0 Å². The van der Waals surface area contributed by atoms with Crippen molar-refractivity contribution in [1.82, 2.24) is 14.8 Å². The standard InChI is InChI=1S/C25H25F2N3O4/c1-2-3-6-34-23-21-25(33)30-11-14-7-16(8-14)20(30)13-29(21)12-18(22(23)31)24(32)28-10-15-4-5-17(26)9-19(15)27/h4-5,9,12,14H,2-3,6-8,10-11,13H2,1H3,(H,28,32). The van der Waals surface area contributed by atoms with Gasteiger partial charge in [0.1, 0.15) is 17.2 Å². The molecule has 1 aromatic carbocycles. The fourth-order valence-corrected chi connectivity index (χ4v) is 4.79. The molecular formula is C25H25F2N3O4. The summed E-state index contributed by atoms with van der Waals surface area (Å²) in [6, 6.07) is 3.07. The number of unbranched alkanes of at least 4 members (excludes halogenated alkanes) is 1. The first-order valence-electron chi connectivity index (χ1n) is 11.5. The molecule has 0 unspecified atom stereocenters. The Hall–Kier alpha value is -3.49. The Bertz CT molecular complexity index is 1280. The van der Waals surface area contributed by atoms with Gasteiger partial charge in [-0.15, -0.1) is 0 Å². The Kier molecular flexibility index (Phi) is 5.71. The summed E-state index contributed by atoms with van der Waals surface area (Å²) >= 11 is 0. The van der Waals surface area contributed by atoms with Gasteiger partial charge >= 0.3 is 0 Å². The van der Waals surface area contributed by atoms with Gasteiger partial charge in [0.25, 0.3) is 11.8 Å². The number of carbonyl (C=O) groups excluding carboxylic acids is 2. The van der Waals surface area contributed by atoms with Crippen molar-refractivity contribution in [1.29, 1.82) is 0 Å². The molecule has 6 rings (SSSR count). The molecule has 178 valence electrons. The molecule has 9 heteroatoms. The van der Waals surface area contributed by atoms with Gasteiger partial charge in [-0.25, -0.2) is 8.78 Å². The van der Waals surface area contributed by atoms with E-state index < -0.39 is 23.0 Å². The predicted octanol–water partition coefficient (Wildman–Crippen LogP) is 3.37. The number of rotatable bonds is 7. The summed E-state index contributed by atoms with van der Waals surface area (Å²) in [7, 11) is 0. The number of allylic oxidation sites excluding steroid dienone is 2. The molecule has 4 aliphatic rings. The van der Waals surface area contributed by atoms with E-state index in [1.165, 1.54) is 17.8 Å². The van der Waals surface area contributed by atoms with Gasteiger partial charge in [-0.05, 0) is 36.8 Å². The first-order chi connectivity index (χ1) is 16.4. The number of halogens is 2. The van der Waals surface area contributed by atoms with E-state index in [4.69, 9.17) is 4.74 Å². The van der Waals surface area contributed by atoms with Crippen molar-refractivity contribution in [3.05, 3.63) is 74.3 Å². The number of nitrogens with one attached hydrogen (secondary N) is 1. The molecule has 0 saturated heterocycles. The van der Waals surface area contributed by atoms with E-state index in [1.54, 1.807) is 9.47 Å². The maximum Gasteiger partial charge on any atom is 0.278 e. The fourth-order valence-electron chi connectivity index (χ4n) is 4.79. The Balaban J connectivity index is 1.49. The molecule has 0 spiro atoms. The van der Waals surface area contributed by atoms with Gasteiger partial charge in [-0.2, -0.15) is 0 Å². The summed E-state index contributed by atoms with van der Waals surface area (Å²) in [6.45, 7) is 3.01. The number of amides is 2. The molecule has 0 radical (unpaired) electrons. The molecule has 1 saturated carbocycles. The number of hydrogen-bond acceptors (Lipinski definition) is 4. The number of carbonyl (C=O) groups is 2. The highest BCUT2D eigenvalue weighted by molar-refractivity contribution is 6.00. The van der Waals surface area contributed by atoms with Crippen LogP contribution in [0.25, 0.3) is 0 Å². The van der Waals surface area contributed by atoms with Crippen molar-refractivity contribution in [2.45, 2.75) is 45.7 Å². The van der Waals surface area contributed by atoms with Crippen molar-refractivity contribution < 1.29 is 23.1 Å². The summed E-state index contributed by atoms with van der Waals surface area (Å²) in [4.78, 5) is 41.3. The summed E-state index contributed by atoms with van der Waals surface area (Å²) in [5.41, 5.74) is 1.56. The normalized spacial score (nSPS) is 16.7. The van der Waals surface area contributed by atoms with Crippen LogP contribution in [0.15, 0.2) is 40.5 Å². The van der Waals surface area contributed by atoms with Crippen molar-refractivity contribution >= 4 is 11.8 Å². The summed E-state index contributed by atoms with van der Waals surface area (Å²) in [5, 5.41) is 2.52. The van der Waals surface area contributed by atoms with Crippen molar-refractivity contribution in [3.8, 4) is 5.75 Å². The predicted molar refractivity (Wildman–Crippen MR) is 119 cm³/mol. The lowest BCUT2D eigenvalue weighted by atomic mass is 9.74. The Morgan fingerprint density at radius 3 is 2.76 bits per heavy atom. The van der Waals surface area contributed by atoms with Gasteiger partial charge in [-0.1, -0.05) is 19.4 Å². The van der Waals surface area contributed by atoms with Crippen LogP contribution in [0.3, 0.4) is 0 Å². The molecule has 0 atom stereocenters. The van der Waals surface area contributed by atoms with E-state index in [9.17, 15) is 23.2 Å². The molecule has 34 heavy (non-hydrogen) atoms. The van der Waals surface area contributed by atoms with Gasteiger partial charge in [0.05, 0.1) is 13.2 Å². The van der Waals surface area contributed by atoms with Crippen LogP contribution in [-0.2, 0) is 13.1 Å². The largest absolute Gasteiger partial charge is 0.487 e. The molecule has 1 N–H and O–H groups in total. The minimum atomic E-state index is -0.790. The smallest absolute Gasteiger partial charge is 0.278 e. The Labute approximate surface area is 195 Å². The van der Waals surface area contributed by atoms with Gasteiger partial charge < -0.3 is 19.5 Å². The molecule has 1 aliphatic carbocycles. The lowest BCUT2D eigenvalue weighted by Gasteiger charge is -2.47. The third-order valence-electron chi connectivity index (χ3n) is 6.69. The van der Waals surface area contributed by atoms with Gasteiger partial charge in [0.2, 0.25) is 5.43 Å². The average molecular weight is 469 g/mol. The van der Waals surface area contributed by atoms with Crippen LogP contribution in [-0.4, -0.2) is 34.4 Å². The van der Waals surface area contributed by atoms with Crippen LogP contribution in [0.2, 0.25) is 0 Å². The van der Waals surface area contributed by atoms with Gasteiger partial charge in [0, 0.05) is 36.6 Å². The van der Waals surface area contributed by atoms with Gasteiger partial charge in [0.15, 0.2) is 11.4 Å². The van der Waals surface area contributed by atoms with Crippen molar-refractivity contribution in [3.63, 3.8) is 0 Å². The third-order valence-corrected chi connectivity index (χ3v) is 6.69. The number of fused-ring (bicyclic) bond motifs is 1. The van der Waals surface area contributed by atoms with E-state index in [-0.39, 0.29) is 41.6 Å². The van der Waals surface area contributed by atoms with E-state index in [1.807, 2.05) is 6.92 Å². The van der Waals surface area contributed by atoms with E-state index >= 15 is 0 Å². The van der Waals surface area contributed by atoms with Crippen molar-refractivity contribution in [2.75, 3.05) is 13.2 Å². The van der Waals surface area contributed by atoms with Crippen LogP contribution in [0.4, 0.5) is 8.78 Å². The lowest BCUT2D eigenvalue weighted by molar-refractivity contribution is 0.0669. The minimum absolute atomic E-state index is 0.0896. The van der Waals surface area contributed by atoms with Crippen LogP contribution in [0.5, 0.6) is 5.75 Å². The zero-order chi connectivity index (χ0) is 24.0. The number of hydrogen-bond donors (Lipinski definition) is 1. The molecule has 1 fully saturated rings. The number of nitrogens with zero attached hydrogens (tertiary/aromatic N) is 2. The molecule has 4 heterocycles. The number of benzene rings is 1. The minimum Gasteiger partial charge on any atom is -0.487 e. The maximum absolute atomic E-state index is 14.0. The zero-order valence-corrected chi connectivity index (χ0v) is 18.8. The lowest BCUT2D eigenvalue weighted by Crippen LogP contribution is -2.49. The summed E-state index contributed by atoms with van der Waals surface area (Å²) < 4.78 is 34.5. The molecule has 1 aromatic heterocycles. The number of pyridine rings is 1. The van der Waals surface area contributed by atoms with Crippen LogP contribution < -0.4 is 15.5 Å². The highest BCUT2D eigenvalue weighted by atomic mass is 19.1. The van der Waals surface area contributed by atoms with Gasteiger partial charge in [-0.3, -0.25) is 14.4 Å². The Morgan fingerprint density at radius 1 is 1.24 bits per heavy atom. The number of ether oxygens (including phenoxy) is 1. The first-order valence-corrected chi connectivity index (χ1v) is 11.5. The third kappa shape index (κ3) is 3.78. The first kappa shape index (κ1) is 22.3. The quantitative estimate of drug-likeness (QED) is 0.631. The number of aromatic nitrogens is 1. The molecule has 2 amide bonds. The second-order valence-corrected chi connectivity index (χ2v) is 9.04. The average Bonchev–Trinajstić information content (AvgIpc) is 2.79. The summed E-state index contributed by atoms with van der Waals surface area (Å²) in [6.07, 6.45) is 4.86. The zero-order valence-electron chi connectivity index (χ0n) is 18.8. The Morgan fingerprint density at radius 2 is 2.03 bits per heavy atom. The fraction of sp³-hybridized carbons (Fsp3) is 0.400. The molecule has 7 nitrogen and oxygen atoms in total. The van der Waals surface area contributed by atoms with E-state index in [0.717, 1.165) is 37.1 Å². The molecular weight excluding hydrogens is 444 g/mol. The summed E-state index contributed by atoms with van der Waals surface area (Å²) in [5.74, 6) is -2.17. The monoisotopic (exact) mass is 469 g/mol. The van der Waals surface area contributed by atoms with Crippen LogP contribution in [0, 0.1) is 17.6 Å². The second-order valence-electron chi connectivity index (χ2n) is 9.04. The highest BCUT2D eigenvalue weighted by Gasteiger charge is 2.43. The second kappa shape index (κ2) is 8.70. The highest BCUT2D eigenvalue weighted by Crippen LogP contribution is 2.45. The van der Waals surface area contributed by atoms with Crippen LogP contribution in [0.1, 0.15) is 59.0 Å². The topological polar surface area (TPSA) is 80.6 Å². The van der Waals surface area contributed by atoms with E-state index in [2.05, 4.69) is 5.32 Å². The molecule has 2 aromatic rings. The SMILES string of the molecule is CCCCOc1c2n(cc(C(=O)NCc3ccc(F)cc3F)c1=O)CC1=C3CC(C3)CN1C2=O. The molecule has 3 aliphatic heterocycles. The maximum atomic E-state index is 14.0.